The molecule has 1 aromatic heterocycles. The third-order valence-corrected chi connectivity index (χ3v) is 6.74. The van der Waals surface area contributed by atoms with Crippen LogP contribution in [-0.2, 0) is 29.8 Å². The molecule has 32 heavy (non-hydrogen) atoms. The normalized spacial score (nSPS) is 13.8. The van der Waals surface area contributed by atoms with Crippen LogP contribution in [0.25, 0.3) is 0 Å². The fourth-order valence-electron chi connectivity index (χ4n) is 2.17. The summed E-state index contributed by atoms with van der Waals surface area (Å²) in [7, 11) is -8.31. The number of hydrogen-bond acceptors (Lipinski definition) is 12. The van der Waals surface area contributed by atoms with E-state index in [1.54, 1.807) is 0 Å². The second kappa shape index (κ2) is 12.7. The van der Waals surface area contributed by atoms with Crippen molar-refractivity contribution in [2.45, 2.75) is 50.5 Å². The lowest BCUT2D eigenvalue weighted by molar-refractivity contribution is -0.140. The monoisotopic (exact) mass is 498 g/mol. The maximum Gasteiger partial charge on any atom is 0.302 e. The summed E-state index contributed by atoms with van der Waals surface area (Å²) in [6.07, 6.45) is 0.698. The Kier molecular flexibility index (Phi) is 11.0. The molecule has 0 aliphatic heterocycles. The largest absolute Gasteiger partial charge is 0.466 e. The Balaban J connectivity index is 2.77. The molecule has 5 N–H and O–H groups in total. The minimum Gasteiger partial charge on any atom is -0.466 e. The number of anilines is 3. The van der Waals surface area contributed by atoms with Gasteiger partial charge in [-0.15, -0.1) is 0 Å². The first kappa shape index (κ1) is 27.7. The smallest absolute Gasteiger partial charge is 0.302 e. The van der Waals surface area contributed by atoms with Crippen LogP contribution in [0.4, 0.5) is 17.8 Å². The summed E-state index contributed by atoms with van der Waals surface area (Å²) in [6.45, 7) is 4.93. The van der Waals surface area contributed by atoms with E-state index in [1.807, 2.05) is 0 Å². The molecule has 0 aliphatic carbocycles. The van der Waals surface area contributed by atoms with Crippen molar-refractivity contribution >= 4 is 44.1 Å². The maximum atomic E-state index is 11.1. The van der Waals surface area contributed by atoms with Gasteiger partial charge < -0.3 is 20.7 Å². The standard InChI is InChI=1S/C16H30N6O8S2/c1-11(31(24,25)26)5-8-18-15-20-14(17-7-4-10-30-13(3)23)21-16(22-15)19-9-6-12(2)32(27,28)29/h11-12H,4-10H2,1-3H3,(H,24,25,26)(H,27,28,29)(H3,17,18,19,20,21,22). The lowest BCUT2D eigenvalue weighted by Gasteiger charge is -2.13. The quantitative estimate of drug-likeness (QED) is 0.126. The molecule has 0 bridgehead atoms. The summed E-state index contributed by atoms with van der Waals surface area (Å²) in [6, 6.07) is 0. The summed E-state index contributed by atoms with van der Waals surface area (Å²) in [4.78, 5) is 23.3. The highest BCUT2D eigenvalue weighted by Crippen LogP contribution is 2.12. The van der Waals surface area contributed by atoms with E-state index in [0.717, 1.165) is 0 Å². The van der Waals surface area contributed by atoms with Crippen molar-refractivity contribution in [3.8, 4) is 0 Å². The maximum absolute atomic E-state index is 11.1. The van der Waals surface area contributed by atoms with Crippen molar-refractivity contribution in [1.29, 1.82) is 0 Å². The molecular formula is C16H30N6O8S2. The average Bonchev–Trinajstić information content (AvgIpc) is 2.65. The van der Waals surface area contributed by atoms with Gasteiger partial charge in [0.15, 0.2) is 0 Å². The molecule has 0 spiro atoms. The van der Waals surface area contributed by atoms with E-state index in [2.05, 4.69) is 30.9 Å². The van der Waals surface area contributed by atoms with Gasteiger partial charge in [-0.3, -0.25) is 13.9 Å². The van der Waals surface area contributed by atoms with E-state index in [1.165, 1.54) is 20.8 Å². The lowest BCUT2D eigenvalue weighted by Crippen LogP contribution is -2.22. The number of rotatable bonds is 15. The Morgan fingerprint density at radius 3 is 1.56 bits per heavy atom. The Labute approximate surface area is 187 Å². The average molecular weight is 499 g/mol. The Morgan fingerprint density at radius 2 is 1.22 bits per heavy atom. The van der Waals surface area contributed by atoms with Gasteiger partial charge in [-0.2, -0.15) is 31.8 Å². The van der Waals surface area contributed by atoms with E-state index in [4.69, 9.17) is 13.8 Å². The van der Waals surface area contributed by atoms with Gasteiger partial charge in [0.25, 0.3) is 20.2 Å². The topological polar surface area (TPSA) is 210 Å². The highest BCUT2D eigenvalue weighted by molar-refractivity contribution is 7.86. The molecule has 2 atom stereocenters. The van der Waals surface area contributed by atoms with Crippen molar-refractivity contribution in [3.05, 3.63) is 0 Å². The molecule has 0 amide bonds. The zero-order chi connectivity index (χ0) is 24.4. The zero-order valence-electron chi connectivity index (χ0n) is 18.1. The van der Waals surface area contributed by atoms with E-state index in [-0.39, 0.29) is 56.4 Å². The second-order valence-corrected chi connectivity index (χ2v) is 10.7. The number of carbonyl (C=O) groups is 1. The first-order valence-corrected chi connectivity index (χ1v) is 12.8. The van der Waals surface area contributed by atoms with Crippen molar-refractivity contribution in [3.63, 3.8) is 0 Å². The van der Waals surface area contributed by atoms with Gasteiger partial charge in [-0.1, -0.05) is 0 Å². The van der Waals surface area contributed by atoms with Crippen LogP contribution in [0.15, 0.2) is 0 Å². The van der Waals surface area contributed by atoms with Gasteiger partial charge in [-0.05, 0) is 33.1 Å². The Hall–Kier alpha value is -2.30. The van der Waals surface area contributed by atoms with Crippen molar-refractivity contribution in [1.82, 2.24) is 15.0 Å². The molecular weight excluding hydrogens is 468 g/mol. The summed E-state index contributed by atoms with van der Waals surface area (Å²) in [5.74, 6) is 0.0329. The van der Waals surface area contributed by atoms with Crippen LogP contribution in [-0.4, -0.2) is 83.6 Å². The summed E-state index contributed by atoms with van der Waals surface area (Å²) >= 11 is 0. The Bertz CT molecular complexity index is 895. The molecule has 0 radical (unpaired) electrons. The SMILES string of the molecule is CC(=O)OCCCNc1nc(NCCC(C)S(=O)(=O)O)nc(NCCC(C)S(=O)(=O)O)n1. The summed E-state index contributed by atoms with van der Waals surface area (Å²) in [5, 5.41) is 6.68. The molecule has 14 nitrogen and oxygen atoms in total. The second-order valence-electron chi connectivity index (χ2n) is 7.01. The van der Waals surface area contributed by atoms with Gasteiger partial charge in [0.05, 0.1) is 17.1 Å². The van der Waals surface area contributed by atoms with Crippen LogP contribution in [0.5, 0.6) is 0 Å². The molecule has 2 unspecified atom stereocenters. The molecule has 0 aromatic carbocycles. The molecule has 0 saturated carbocycles. The van der Waals surface area contributed by atoms with Gasteiger partial charge in [-0.25, -0.2) is 0 Å². The minimum atomic E-state index is -4.15. The number of nitrogens with zero attached hydrogens (tertiary/aromatic N) is 3. The van der Waals surface area contributed by atoms with E-state index in [9.17, 15) is 21.6 Å². The Morgan fingerprint density at radius 1 is 0.844 bits per heavy atom. The summed E-state index contributed by atoms with van der Waals surface area (Å²) in [5.41, 5.74) is 0. The number of ether oxygens (including phenoxy) is 1. The van der Waals surface area contributed by atoms with Crippen LogP contribution in [0.1, 0.15) is 40.0 Å². The van der Waals surface area contributed by atoms with Crippen LogP contribution >= 0.6 is 0 Å². The van der Waals surface area contributed by atoms with Gasteiger partial charge in [0.2, 0.25) is 17.8 Å². The molecule has 1 rings (SSSR count). The van der Waals surface area contributed by atoms with Crippen LogP contribution < -0.4 is 16.0 Å². The molecule has 1 heterocycles. The number of nitrogens with one attached hydrogen (secondary N) is 3. The molecule has 184 valence electrons. The van der Waals surface area contributed by atoms with E-state index >= 15 is 0 Å². The van der Waals surface area contributed by atoms with Crippen molar-refractivity contribution in [2.75, 3.05) is 42.2 Å². The predicted molar refractivity (Wildman–Crippen MR) is 118 cm³/mol. The van der Waals surface area contributed by atoms with E-state index < -0.39 is 30.7 Å². The zero-order valence-corrected chi connectivity index (χ0v) is 19.7. The third kappa shape index (κ3) is 11.4. The first-order valence-electron chi connectivity index (χ1n) is 9.82. The first-order chi connectivity index (χ1) is 14.8. The number of aromatic nitrogens is 3. The van der Waals surface area contributed by atoms with Crippen LogP contribution in [0, 0.1) is 0 Å². The molecule has 0 saturated heterocycles. The third-order valence-electron chi connectivity index (χ3n) is 4.23. The molecule has 0 aliphatic rings. The molecule has 16 heteroatoms. The highest BCUT2D eigenvalue weighted by atomic mass is 32.2. The van der Waals surface area contributed by atoms with Crippen molar-refractivity contribution < 1.29 is 35.5 Å². The number of carbonyl (C=O) groups excluding carboxylic acids is 1. The number of esters is 1. The van der Waals surface area contributed by atoms with Gasteiger partial charge in [0, 0.05) is 26.6 Å². The minimum absolute atomic E-state index is 0.101. The predicted octanol–water partition coefficient (Wildman–Crippen LogP) is 0.393. The fourth-order valence-corrected chi connectivity index (χ4v) is 3.01. The van der Waals surface area contributed by atoms with Crippen LogP contribution in [0.2, 0.25) is 0 Å². The molecule has 0 fully saturated rings. The lowest BCUT2D eigenvalue weighted by atomic mass is 10.3. The highest BCUT2D eigenvalue weighted by Gasteiger charge is 2.18. The van der Waals surface area contributed by atoms with Gasteiger partial charge >= 0.3 is 5.97 Å². The summed E-state index contributed by atoms with van der Waals surface area (Å²) < 4.78 is 67.4. The number of hydrogen-bond donors (Lipinski definition) is 5. The van der Waals surface area contributed by atoms with Gasteiger partial charge in [0.1, 0.15) is 0 Å². The van der Waals surface area contributed by atoms with Crippen LogP contribution in [0.3, 0.4) is 0 Å². The molecule has 1 aromatic rings. The van der Waals surface area contributed by atoms with E-state index in [0.29, 0.717) is 13.0 Å². The van der Waals surface area contributed by atoms with Crippen molar-refractivity contribution in [2.24, 2.45) is 0 Å². The fraction of sp³-hybridized carbons (Fsp3) is 0.750.